The molecule has 0 spiro atoms. The third-order valence-corrected chi connectivity index (χ3v) is 4.64. The molecule has 1 aliphatic rings. The summed E-state index contributed by atoms with van der Waals surface area (Å²) in [4.78, 5) is 20.8. The minimum Gasteiger partial charge on any atom is -0.352 e. The van der Waals surface area contributed by atoms with Crippen molar-refractivity contribution in [2.45, 2.75) is 39.2 Å². The molecule has 2 aromatic rings. The van der Waals surface area contributed by atoms with Gasteiger partial charge in [-0.15, -0.1) is 0 Å². The van der Waals surface area contributed by atoms with E-state index in [1.807, 2.05) is 29.8 Å². The molecule has 1 aliphatic heterocycles. The number of amides is 1. The molecular formula is C18H25N5O. The first-order chi connectivity index (χ1) is 11.7. The number of hydrogen-bond donors (Lipinski definition) is 2. The normalized spacial score (nSPS) is 15.4. The van der Waals surface area contributed by atoms with Crippen LogP contribution in [0.3, 0.4) is 0 Å². The molecule has 1 saturated heterocycles. The minimum atomic E-state index is 0.116. The van der Waals surface area contributed by atoms with Gasteiger partial charge in [0.25, 0.3) is 0 Å². The van der Waals surface area contributed by atoms with Crippen LogP contribution in [0.25, 0.3) is 5.82 Å². The highest BCUT2D eigenvalue weighted by atomic mass is 16.1. The lowest BCUT2D eigenvalue weighted by Crippen LogP contribution is -2.29. The molecule has 3 heterocycles. The number of aromatic nitrogens is 3. The number of rotatable bonds is 6. The Morgan fingerprint density at radius 1 is 1.33 bits per heavy atom. The Labute approximate surface area is 142 Å². The second-order valence-corrected chi connectivity index (χ2v) is 6.34. The van der Waals surface area contributed by atoms with Crippen molar-refractivity contribution in [3.8, 4) is 5.82 Å². The van der Waals surface area contributed by atoms with E-state index in [1.165, 1.54) is 12.8 Å². The van der Waals surface area contributed by atoms with E-state index in [0.717, 1.165) is 36.7 Å². The number of imidazole rings is 1. The van der Waals surface area contributed by atoms with E-state index in [0.29, 0.717) is 18.9 Å². The fourth-order valence-electron chi connectivity index (χ4n) is 3.17. The fraction of sp³-hybridized carbons (Fsp3) is 0.500. The van der Waals surface area contributed by atoms with Gasteiger partial charge >= 0.3 is 0 Å². The molecule has 2 N–H and O–H groups in total. The smallest absolute Gasteiger partial charge is 0.220 e. The van der Waals surface area contributed by atoms with E-state index in [1.54, 1.807) is 12.4 Å². The number of piperidine rings is 1. The highest BCUT2D eigenvalue weighted by molar-refractivity contribution is 5.75. The summed E-state index contributed by atoms with van der Waals surface area (Å²) in [7, 11) is 0. The number of nitrogens with one attached hydrogen (secondary N) is 2. The fourth-order valence-corrected chi connectivity index (χ4v) is 3.17. The minimum absolute atomic E-state index is 0.116. The van der Waals surface area contributed by atoms with Gasteiger partial charge in [0, 0.05) is 37.1 Å². The van der Waals surface area contributed by atoms with Crippen molar-refractivity contribution in [1.82, 2.24) is 25.2 Å². The lowest BCUT2D eigenvalue weighted by atomic mass is 9.93. The molecule has 6 heteroatoms. The summed E-state index contributed by atoms with van der Waals surface area (Å²) in [6, 6.07) is 3.89. The number of nitrogens with zero attached hydrogens (tertiary/aromatic N) is 3. The lowest BCUT2D eigenvalue weighted by Gasteiger charge is -2.22. The summed E-state index contributed by atoms with van der Waals surface area (Å²) in [6.45, 7) is 4.59. The van der Waals surface area contributed by atoms with Gasteiger partial charge in [0.2, 0.25) is 5.91 Å². The van der Waals surface area contributed by atoms with Gasteiger partial charge in [0.15, 0.2) is 0 Å². The molecule has 0 aromatic carbocycles. The molecule has 0 radical (unpaired) electrons. The Morgan fingerprint density at radius 2 is 2.17 bits per heavy atom. The molecule has 0 saturated carbocycles. The van der Waals surface area contributed by atoms with Gasteiger partial charge in [0.1, 0.15) is 11.6 Å². The third-order valence-electron chi connectivity index (χ3n) is 4.64. The molecule has 0 aliphatic carbocycles. The predicted octanol–water partition coefficient (Wildman–Crippen LogP) is 1.97. The van der Waals surface area contributed by atoms with Crippen molar-refractivity contribution in [3.05, 3.63) is 42.1 Å². The molecule has 3 rings (SSSR count). The van der Waals surface area contributed by atoms with Crippen molar-refractivity contribution in [2.75, 3.05) is 13.1 Å². The van der Waals surface area contributed by atoms with E-state index < -0.39 is 0 Å². The summed E-state index contributed by atoms with van der Waals surface area (Å²) in [6.07, 6.45) is 9.35. The highest BCUT2D eigenvalue weighted by Crippen LogP contribution is 2.18. The van der Waals surface area contributed by atoms with Crippen molar-refractivity contribution >= 4 is 5.91 Å². The third kappa shape index (κ3) is 4.20. The Bertz CT molecular complexity index is 676. The van der Waals surface area contributed by atoms with Crippen LogP contribution >= 0.6 is 0 Å². The van der Waals surface area contributed by atoms with E-state index in [4.69, 9.17) is 0 Å². The second-order valence-electron chi connectivity index (χ2n) is 6.34. The van der Waals surface area contributed by atoms with Crippen LogP contribution in [0, 0.1) is 12.8 Å². The molecule has 1 amide bonds. The average molecular weight is 327 g/mol. The molecule has 0 atom stereocenters. The van der Waals surface area contributed by atoms with Gasteiger partial charge in [-0.25, -0.2) is 9.97 Å². The van der Waals surface area contributed by atoms with Crippen LogP contribution in [0.4, 0.5) is 0 Å². The lowest BCUT2D eigenvalue weighted by molar-refractivity contribution is -0.121. The first kappa shape index (κ1) is 16.6. The second kappa shape index (κ2) is 8.06. The quantitative estimate of drug-likeness (QED) is 0.851. The molecular weight excluding hydrogens is 302 g/mol. The summed E-state index contributed by atoms with van der Waals surface area (Å²) < 4.78 is 1.94. The number of carbonyl (C=O) groups excluding carboxylic acids is 1. The predicted molar refractivity (Wildman–Crippen MR) is 92.8 cm³/mol. The zero-order valence-corrected chi connectivity index (χ0v) is 14.2. The van der Waals surface area contributed by atoms with Crippen LogP contribution in [0.1, 0.15) is 37.1 Å². The van der Waals surface area contributed by atoms with Crippen molar-refractivity contribution in [1.29, 1.82) is 0 Å². The number of pyridine rings is 1. The van der Waals surface area contributed by atoms with Crippen molar-refractivity contribution < 1.29 is 4.79 Å². The van der Waals surface area contributed by atoms with Gasteiger partial charge in [0.05, 0.1) is 0 Å². The van der Waals surface area contributed by atoms with Crippen LogP contribution < -0.4 is 10.6 Å². The van der Waals surface area contributed by atoms with Crippen LogP contribution in [0.15, 0.2) is 30.7 Å². The van der Waals surface area contributed by atoms with Crippen LogP contribution in [-0.4, -0.2) is 33.5 Å². The molecule has 24 heavy (non-hydrogen) atoms. The number of hydrogen-bond acceptors (Lipinski definition) is 4. The van der Waals surface area contributed by atoms with Crippen LogP contribution in [-0.2, 0) is 11.3 Å². The Balaban J connectivity index is 1.55. The number of carbonyl (C=O) groups is 1. The van der Waals surface area contributed by atoms with Gasteiger partial charge in [-0.1, -0.05) is 6.07 Å². The first-order valence-corrected chi connectivity index (χ1v) is 8.65. The van der Waals surface area contributed by atoms with Crippen LogP contribution in [0.5, 0.6) is 0 Å². The van der Waals surface area contributed by atoms with Gasteiger partial charge < -0.3 is 10.6 Å². The Kier molecular flexibility index (Phi) is 5.59. The van der Waals surface area contributed by atoms with E-state index in [-0.39, 0.29) is 5.91 Å². The maximum atomic E-state index is 12.2. The summed E-state index contributed by atoms with van der Waals surface area (Å²) in [5, 5.41) is 6.39. The Hall–Kier alpha value is -2.21. The maximum Gasteiger partial charge on any atom is 0.220 e. The van der Waals surface area contributed by atoms with E-state index in [2.05, 4.69) is 20.6 Å². The van der Waals surface area contributed by atoms with Gasteiger partial charge in [-0.3, -0.25) is 9.36 Å². The largest absolute Gasteiger partial charge is 0.352 e. The zero-order valence-electron chi connectivity index (χ0n) is 14.2. The van der Waals surface area contributed by atoms with Crippen LogP contribution in [0.2, 0.25) is 0 Å². The Morgan fingerprint density at radius 3 is 2.92 bits per heavy atom. The molecule has 0 unspecified atom stereocenters. The SMILES string of the molecule is Cc1nccn1-c1ncccc1CNC(=O)CCC1CCNCC1. The zero-order chi connectivity index (χ0) is 16.8. The number of aryl methyl sites for hydroxylation is 1. The molecule has 2 aromatic heterocycles. The van der Waals surface area contributed by atoms with E-state index in [9.17, 15) is 4.79 Å². The summed E-state index contributed by atoms with van der Waals surface area (Å²) in [5.74, 6) is 2.50. The standard InChI is InChI=1S/C18H25N5O/c1-14-20-11-12-23(14)18-16(3-2-8-21-18)13-22-17(24)5-4-15-6-9-19-10-7-15/h2-3,8,11-12,15,19H,4-7,9-10,13H2,1H3,(H,22,24). The topological polar surface area (TPSA) is 71.8 Å². The molecule has 0 bridgehead atoms. The average Bonchev–Trinajstić information content (AvgIpc) is 3.05. The monoisotopic (exact) mass is 327 g/mol. The van der Waals surface area contributed by atoms with Crippen molar-refractivity contribution in [2.24, 2.45) is 5.92 Å². The molecule has 6 nitrogen and oxygen atoms in total. The molecule has 1 fully saturated rings. The maximum absolute atomic E-state index is 12.2. The van der Waals surface area contributed by atoms with Gasteiger partial charge in [-0.2, -0.15) is 0 Å². The summed E-state index contributed by atoms with van der Waals surface area (Å²) >= 11 is 0. The summed E-state index contributed by atoms with van der Waals surface area (Å²) in [5.41, 5.74) is 0.994. The van der Waals surface area contributed by atoms with Gasteiger partial charge in [-0.05, 0) is 51.3 Å². The highest BCUT2D eigenvalue weighted by Gasteiger charge is 2.15. The first-order valence-electron chi connectivity index (χ1n) is 8.65. The molecule has 128 valence electrons. The van der Waals surface area contributed by atoms with Crippen molar-refractivity contribution in [3.63, 3.8) is 0 Å². The van der Waals surface area contributed by atoms with E-state index >= 15 is 0 Å².